The van der Waals surface area contributed by atoms with E-state index in [1.165, 1.54) is 0 Å². The van der Waals surface area contributed by atoms with Crippen LogP contribution in [-0.2, 0) is 4.79 Å². The number of nitrogens with zero attached hydrogens (tertiary/aromatic N) is 3. The molecule has 2 heterocycles. The minimum atomic E-state index is -0.206. The number of amides is 2. The number of benzene rings is 1. The van der Waals surface area contributed by atoms with Crippen LogP contribution < -0.4 is 0 Å². The molecule has 0 spiro atoms. The van der Waals surface area contributed by atoms with Crippen molar-refractivity contribution in [2.75, 3.05) is 27.2 Å². The SMILES string of the molecule is Cc1ccc(-c2cc(C(=O)N3CCCC(C(=O)N(C)C)C3)on2)cc1. The second-order valence-corrected chi connectivity index (χ2v) is 6.77. The fourth-order valence-corrected chi connectivity index (χ4v) is 3.12. The fourth-order valence-electron chi connectivity index (χ4n) is 3.12. The highest BCUT2D eigenvalue weighted by molar-refractivity contribution is 5.93. The van der Waals surface area contributed by atoms with E-state index < -0.39 is 0 Å². The van der Waals surface area contributed by atoms with E-state index in [-0.39, 0.29) is 23.5 Å². The van der Waals surface area contributed by atoms with Crippen LogP contribution in [0.15, 0.2) is 34.9 Å². The summed E-state index contributed by atoms with van der Waals surface area (Å²) in [5, 5.41) is 4.02. The molecule has 1 aromatic carbocycles. The van der Waals surface area contributed by atoms with Crippen molar-refractivity contribution < 1.29 is 14.1 Å². The predicted molar refractivity (Wildman–Crippen MR) is 94.0 cm³/mol. The maximum absolute atomic E-state index is 12.7. The van der Waals surface area contributed by atoms with E-state index in [2.05, 4.69) is 5.16 Å². The van der Waals surface area contributed by atoms with E-state index >= 15 is 0 Å². The van der Waals surface area contributed by atoms with Gasteiger partial charge in [-0.1, -0.05) is 35.0 Å². The van der Waals surface area contributed by atoms with Gasteiger partial charge in [-0.2, -0.15) is 0 Å². The van der Waals surface area contributed by atoms with Crippen LogP contribution >= 0.6 is 0 Å². The Balaban J connectivity index is 1.73. The second-order valence-electron chi connectivity index (χ2n) is 6.77. The van der Waals surface area contributed by atoms with Gasteiger partial charge in [0.25, 0.3) is 5.91 Å². The van der Waals surface area contributed by atoms with Crippen molar-refractivity contribution in [1.82, 2.24) is 15.0 Å². The van der Waals surface area contributed by atoms with Crippen molar-refractivity contribution in [1.29, 1.82) is 0 Å². The van der Waals surface area contributed by atoms with Crippen LogP contribution in [0.2, 0.25) is 0 Å². The Kier molecular flexibility index (Phi) is 4.88. The first-order valence-electron chi connectivity index (χ1n) is 8.50. The first-order chi connectivity index (χ1) is 12.0. The molecule has 0 aliphatic carbocycles. The molecule has 1 fully saturated rings. The van der Waals surface area contributed by atoms with Crippen molar-refractivity contribution in [2.45, 2.75) is 19.8 Å². The second kappa shape index (κ2) is 7.09. The van der Waals surface area contributed by atoms with Gasteiger partial charge in [0.05, 0.1) is 5.92 Å². The monoisotopic (exact) mass is 341 g/mol. The zero-order chi connectivity index (χ0) is 18.0. The molecule has 0 N–H and O–H groups in total. The summed E-state index contributed by atoms with van der Waals surface area (Å²) in [6, 6.07) is 9.56. The normalized spacial score (nSPS) is 17.4. The summed E-state index contributed by atoms with van der Waals surface area (Å²) in [6.07, 6.45) is 1.63. The summed E-state index contributed by atoms with van der Waals surface area (Å²) in [5.41, 5.74) is 2.71. The topological polar surface area (TPSA) is 66.7 Å². The van der Waals surface area contributed by atoms with E-state index in [0.717, 1.165) is 24.0 Å². The first kappa shape index (κ1) is 17.2. The zero-order valence-corrected chi connectivity index (χ0v) is 14.9. The Morgan fingerprint density at radius 2 is 1.96 bits per heavy atom. The number of aryl methyl sites for hydroxylation is 1. The third kappa shape index (κ3) is 3.73. The van der Waals surface area contributed by atoms with Gasteiger partial charge in [-0.3, -0.25) is 9.59 Å². The molecule has 0 radical (unpaired) electrons. The number of hydrogen-bond acceptors (Lipinski definition) is 4. The minimum Gasteiger partial charge on any atom is -0.350 e. The maximum Gasteiger partial charge on any atom is 0.292 e. The summed E-state index contributed by atoms with van der Waals surface area (Å²) in [4.78, 5) is 28.2. The van der Waals surface area contributed by atoms with Gasteiger partial charge >= 0.3 is 0 Å². The molecule has 2 aromatic rings. The molecular formula is C19H23N3O3. The molecule has 0 saturated carbocycles. The summed E-state index contributed by atoms with van der Waals surface area (Å²) < 4.78 is 5.27. The van der Waals surface area contributed by atoms with Gasteiger partial charge in [-0.05, 0) is 19.8 Å². The summed E-state index contributed by atoms with van der Waals surface area (Å²) in [6.45, 7) is 3.08. The highest BCUT2D eigenvalue weighted by Gasteiger charge is 2.31. The predicted octanol–water partition coefficient (Wildman–Crippen LogP) is 2.59. The number of likely N-dealkylation sites (tertiary alicyclic amines) is 1. The summed E-state index contributed by atoms with van der Waals surface area (Å²) >= 11 is 0. The van der Waals surface area contributed by atoms with Crippen LogP contribution in [0.4, 0.5) is 0 Å². The van der Waals surface area contributed by atoms with Crippen LogP contribution in [0.25, 0.3) is 11.3 Å². The smallest absolute Gasteiger partial charge is 0.292 e. The Hall–Kier alpha value is -2.63. The maximum atomic E-state index is 12.7. The number of rotatable bonds is 3. The molecule has 1 atom stereocenters. The molecular weight excluding hydrogens is 318 g/mol. The molecule has 1 aliphatic rings. The van der Waals surface area contributed by atoms with Crippen molar-refractivity contribution in [3.05, 3.63) is 41.7 Å². The van der Waals surface area contributed by atoms with E-state index in [1.807, 2.05) is 31.2 Å². The average Bonchev–Trinajstić information content (AvgIpc) is 3.11. The number of carbonyl (C=O) groups excluding carboxylic acids is 2. The fraction of sp³-hybridized carbons (Fsp3) is 0.421. The number of carbonyl (C=O) groups is 2. The van der Waals surface area contributed by atoms with Gasteiger partial charge in [-0.15, -0.1) is 0 Å². The lowest BCUT2D eigenvalue weighted by Crippen LogP contribution is -2.45. The quantitative estimate of drug-likeness (QED) is 0.861. The standard InChI is InChI=1S/C19H23N3O3/c1-13-6-8-14(9-7-13)16-11-17(25-20-16)19(24)22-10-4-5-15(12-22)18(23)21(2)3/h6-9,11,15H,4-5,10,12H2,1-3H3. The van der Waals surface area contributed by atoms with Gasteiger partial charge < -0.3 is 14.3 Å². The first-order valence-corrected chi connectivity index (χ1v) is 8.50. The molecule has 6 nitrogen and oxygen atoms in total. The van der Waals surface area contributed by atoms with Gasteiger partial charge in [0, 0.05) is 38.8 Å². The van der Waals surface area contributed by atoms with Gasteiger partial charge in [0.1, 0.15) is 5.69 Å². The van der Waals surface area contributed by atoms with Gasteiger partial charge in [-0.25, -0.2) is 0 Å². The molecule has 1 aliphatic heterocycles. The van der Waals surface area contributed by atoms with Gasteiger partial charge in [0.15, 0.2) is 0 Å². The summed E-state index contributed by atoms with van der Waals surface area (Å²) in [5.74, 6) is -0.0711. The van der Waals surface area contributed by atoms with Crippen LogP contribution in [0, 0.1) is 12.8 Å². The Morgan fingerprint density at radius 3 is 2.64 bits per heavy atom. The highest BCUT2D eigenvalue weighted by Crippen LogP contribution is 2.23. The lowest BCUT2D eigenvalue weighted by molar-refractivity contribution is -0.134. The zero-order valence-electron chi connectivity index (χ0n) is 14.9. The van der Waals surface area contributed by atoms with Crippen LogP contribution in [0.3, 0.4) is 0 Å². The third-order valence-corrected chi connectivity index (χ3v) is 4.57. The van der Waals surface area contributed by atoms with Crippen molar-refractivity contribution in [3.63, 3.8) is 0 Å². The molecule has 132 valence electrons. The highest BCUT2D eigenvalue weighted by atomic mass is 16.5. The van der Waals surface area contributed by atoms with E-state index in [9.17, 15) is 9.59 Å². The van der Waals surface area contributed by atoms with Crippen molar-refractivity contribution >= 4 is 11.8 Å². The van der Waals surface area contributed by atoms with E-state index in [4.69, 9.17) is 4.52 Å². The molecule has 25 heavy (non-hydrogen) atoms. The molecule has 3 rings (SSSR count). The lowest BCUT2D eigenvalue weighted by Gasteiger charge is -2.32. The molecule has 0 bridgehead atoms. The van der Waals surface area contributed by atoms with Gasteiger partial charge in [0.2, 0.25) is 11.7 Å². The Bertz CT molecular complexity index is 764. The largest absolute Gasteiger partial charge is 0.350 e. The average molecular weight is 341 g/mol. The number of piperidine rings is 1. The molecule has 1 saturated heterocycles. The molecule has 1 unspecified atom stereocenters. The summed E-state index contributed by atoms with van der Waals surface area (Å²) in [7, 11) is 3.49. The Labute approximate surface area is 147 Å². The molecule has 2 amide bonds. The van der Waals surface area contributed by atoms with Crippen LogP contribution in [0.5, 0.6) is 0 Å². The van der Waals surface area contributed by atoms with E-state index in [0.29, 0.717) is 18.8 Å². The van der Waals surface area contributed by atoms with Crippen molar-refractivity contribution in [2.24, 2.45) is 5.92 Å². The van der Waals surface area contributed by atoms with E-state index in [1.54, 1.807) is 30.0 Å². The third-order valence-electron chi connectivity index (χ3n) is 4.57. The van der Waals surface area contributed by atoms with Crippen LogP contribution in [-0.4, -0.2) is 54.0 Å². The van der Waals surface area contributed by atoms with Crippen molar-refractivity contribution in [3.8, 4) is 11.3 Å². The Morgan fingerprint density at radius 1 is 1.24 bits per heavy atom. The lowest BCUT2D eigenvalue weighted by atomic mass is 9.96. The minimum absolute atomic E-state index is 0.0652. The molecule has 6 heteroatoms. The number of hydrogen-bond donors (Lipinski definition) is 0. The van der Waals surface area contributed by atoms with Crippen LogP contribution in [0.1, 0.15) is 29.0 Å². The molecule has 1 aromatic heterocycles. The number of aromatic nitrogens is 1.